The van der Waals surface area contributed by atoms with Gasteiger partial charge in [-0.2, -0.15) is 5.10 Å². The molecule has 5 rings (SSSR count). The number of hydrazone groups is 1. The van der Waals surface area contributed by atoms with Crippen LogP contribution in [0.3, 0.4) is 0 Å². The van der Waals surface area contributed by atoms with Gasteiger partial charge in [0, 0.05) is 22.6 Å². The highest BCUT2D eigenvalue weighted by Crippen LogP contribution is 2.48. The molecule has 0 bridgehead atoms. The van der Waals surface area contributed by atoms with E-state index in [0.29, 0.717) is 22.9 Å². The summed E-state index contributed by atoms with van der Waals surface area (Å²) in [5.74, 6) is 2.86. The van der Waals surface area contributed by atoms with Gasteiger partial charge in [-0.15, -0.1) is 0 Å². The zero-order valence-electron chi connectivity index (χ0n) is 16.0. The Bertz CT molecular complexity index is 1080. The Hall–Kier alpha value is -3.12. The molecule has 0 saturated carbocycles. The highest BCUT2D eigenvalue weighted by atomic mass is 35.5. The number of fused-ring (bicyclic) bond motifs is 3. The van der Waals surface area contributed by atoms with Crippen molar-refractivity contribution in [1.82, 2.24) is 5.01 Å². The predicted molar refractivity (Wildman–Crippen MR) is 109 cm³/mol. The summed E-state index contributed by atoms with van der Waals surface area (Å²) in [4.78, 5) is 0. The second kappa shape index (κ2) is 7.04. The predicted octanol–water partition coefficient (Wildman–Crippen LogP) is 5.19. The average molecular weight is 411 g/mol. The molecule has 2 aliphatic rings. The van der Waals surface area contributed by atoms with Gasteiger partial charge >= 0.3 is 0 Å². The molecule has 2 aliphatic heterocycles. The van der Waals surface area contributed by atoms with Crippen molar-refractivity contribution >= 4 is 17.3 Å². The first-order valence-corrected chi connectivity index (χ1v) is 9.63. The molecule has 3 aromatic rings. The molecule has 2 aromatic carbocycles. The Labute approximate surface area is 173 Å². The standard InChI is InChI=1S/C22H19ClN2O4/c1-26-20-7-5-13(10-21(20)27-2)22-25-17(12-16(24-25)19-4-3-9-28-19)15-11-14(23)6-8-18(15)29-22/h3-11,17,22H,12H2,1-2H3. The smallest absolute Gasteiger partial charge is 0.214 e. The summed E-state index contributed by atoms with van der Waals surface area (Å²) < 4.78 is 22.8. The van der Waals surface area contributed by atoms with E-state index < -0.39 is 6.23 Å². The van der Waals surface area contributed by atoms with Crippen LogP contribution in [-0.4, -0.2) is 24.9 Å². The van der Waals surface area contributed by atoms with Crippen LogP contribution in [0.5, 0.6) is 17.2 Å². The maximum atomic E-state index is 6.36. The minimum absolute atomic E-state index is 0.00403. The number of ether oxygens (including phenoxy) is 3. The highest BCUT2D eigenvalue weighted by Gasteiger charge is 2.41. The normalized spacial score (nSPS) is 19.8. The number of rotatable bonds is 4. The van der Waals surface area contributed by atoms with Gasteiger partial charge in [-0.05, 0) is 48.5 Å². The maximum absolute atomic E-state index is 6.36. The Morgan fingerprint density at radius 2 is 1.93 bits per heavy atom. The molecule has 2 atom stereocenters. The van der Waals surface area contributed by atoms with Crippen molar-refractivity contribution in [2.45, 2.75) is 18.7 Å². The molecule has 29 heavy (non-hydrogen) atoms. The van der Waals surface area contributed by atoms with Crippen molar-refractivity contribution in [2.24, 2.45) is 5.10 Å². The molecule has 2 unspecified atom stereocenters. The quantitative estimate of drug-likeness (QED) is 0.592. The number of furan rings is 1. The van der Waals surface area contributed by atoms with Gasteiger partial charge in [-0.25, -0.2) is 5.01 Å². The SMILES string of the molecule is COc1ccc(C2Oc3ccc(Cl)cc3C3CC(c4ccco4)=NN32)cc1OC. The van der Waals surface area contributed by atoms with Gasteiger partial charge in [0.05, 0.1) is 26.5 Å². The number of methoxy groups -OCH3 is 2. The summed E-state index contributed by atoms with van der Waals surface area (Å²) in [7, 11) is 3.23. The number of halogens is 1. The van der Waals surface area contributed by atoms with Crippen LogP contribution in [-0.2, 0) is 0 Å². The molecular formula is C22H19ClN2O4. The van der Waals surface area contributed by atoms with Gasteiger partial charge in [0.2, 0.25) is 6.23 Å². The molecule has 0 spiro atoms. The van der Waals surface area contributed by atoms with E-state index >= 15 is 0 Å². The van der Waals surface area contributed by atoms with Gasteiger partial charge in [0.25, 0.3) is 0 Å². The number of hydrogen-bond donors (Lipinski definition) is 0. The van der Waals surface area contributed by atoms with Crippen LogP contribution in [0.15, 0.2) is 64.3 Å². The lowest BCUT2D eigenvalue weighted by atomic mass is 9.97. The summed E-state index contributed by atoms with van der Waals surface area (Å²) >= 11 is 6.27. The first-order chi connectivity index (χ1) is 14.2. The molecule has 0 fully saturated rings. The molecule has 0 aliphatic carbocycles. The summed E-state index contributed by atoms with van der Waals surface area (Å²) in [6.45, 7) is 0. The zero-order chi connectivity index (χ0) is 20.0. The number of hydrogen-bond acceptors (Lipinski definition) is 6. The maximum Gasteiger partial charge on any atom is 0.214 e. The van der Waals surface area contributed by atoms with Crippen LogP contribution in [0.1, 0.15) is 35.6 Å². The summed E-state index contributed by atoms with van der Waals surface area (Å²) in [5, 5.41) is 7.49. The van der Waals surface area contributed by atoms with Crippen LogP contribution in [0.25, 0.3) is 0 Å². The number of benzene rings is 2. The van der Waals surface area contributed by atoms with E-state index in [1.54, 1.807) is 20.5 Å². The van der Waals surface area contributed by atoms with Crippen molar-refractivity contribution in [3.05, 3.63) is 76.7 Å². The average Bonchev–Trinajstić information content (AvgIpc) is 3.42. The lowest BCUT2D eigenvalue weighted by Crippen LogP contribution is -2.33. The Kier molecular flexibility index (Phi) is 4.36. The van der Waals surface area contributed by atoms with Gasteiger partial charge in [-0.1, -0.05) is 11.6 Å². The Morgan fingerprint density at radius 1 is 1.07 bits per heavy atom. The van der Waals surface area contributed by atoms with Gasteiger partial charge in [-0.3, -0.25) is 0 Å². The summed E-state index contributed by atoms with van der Waals surface area (Å²) in [5.41, 5.74) is 2.80. The highest BCUT2D eigenvalue weighted by molar-refractivity contribution is 6.30. The van der Waals surface area contributed by atoms with Crippen molar-refractivity contribution in [2.75, 3.05) is 14.2 Å². The Morgan fingerprint density at radius 3 is 2.69 bits per heavy atom. The van der Waals surface area contributed by atoms with E-state index in [4.69, 9.17) is 35.3 Å². The van der Waals surface area contributed by atoms with Crippen molar-refractivity contribution in [1.29, 1.82) is 0 Å². The molecule has 0 N–H and O–H groups in total. The third-order valence-electron chi connectivity index (χ3n) is 5.25. The minimum Gasteiger partial charge on any atom is -0.493 e. The first-order valence-electron chi connectivity index (χ1n) is 9.25. The van der Waals surface area contributed by atoms with E-state index in [0.717, 1.165) is 28.3 Å². The second-order valence-corrected chi connectivity index (χ2v) is 7.33. The third-order valence-corrected chi connectivity index (χ3v) is 5.49. The number of nitrogens with zero attached hydrogens (tertiary/aromatic N) is 2. The molecule has 0 amide bonds. The van der Waals surface area contributed by atoms with E-state index in [1.807, 2.05) is 53.5 Å². The van der Waals surface area contributed by atoms with E-state index in [9.17, 15) is 0 Å². The van der Waals surface area contributed by atoms with Crippen LogP contribution >= 0.6 is 11.6 Å². The van der Waals surface area contributed by atoms with Crippen LogP contribution < -0.4 is 14.2 Å². The molecule has 148 valence electrons. The van der Waals surface area contributed by atoms with E-state index in [-0.39, 0.29) is 6.04 Å². The topological polar surface area (TPSA) is 56.4 Å². The molecule has 0 saturated heterocycles. The van der Waals surface area contributed by atoms with Crippen molar-refractivity contribution in [3.63, 3.8) is 0 Å². The van der Waals surface area contributed by atoms with Gasteiger partial charge < -0.3 is 18.6 Å². The first kappa shape index (κ1) is 17.9. The fourth-order valence-electron chi connectivity index (χ4n) is 3.88. The molecular weight excluding hydrogens is 392 g/mol. The molecule has 6 nitrogen and oxygen atoms in total. The lowest BCUT2D eigenvalue weighted by molar-refractivity contribution is -0.0191. The lowest BCUT2D eigenvalue weighted by Gasteiger charge is -2.38. The van der Waals surface area contributed by atoms with Gasteiger partial charge in [0.15, 0.2) is 11.5 Å². The summed E-state index contributed by atoms with van der Waals surface area (Å²) in [6.07, 6.45) is 1.94. The largest absolute Gasteiger partial charge is 0.493 e. The Balaban J connectivity index is 1.60. The monoisotopic (exact) mass is 410 g/mol. The fraction of sp³-hybridized carbons (Fsp3) is 0.227. The molecule has 7 heteroatoms. The van der Waals surface area contributed by atoms with Crippen molar-refractivity contribution < 1.29 is 18.6 Å². The van der Waals surface area contributed by atoms with Crippen LogP contribution in [0.4, 0.5) is 0 Å². The molecule has 0 radical (unpaired) electrons. The van der Waals surface area contributed by atoms with E-state index in [2.05, 4.69) is 0 Å². The van der Waals surface area contributed by atoms with Gasteiger partial charge in [0.1, 0.15) is 17.2 Å². The van der Waals surface area contributed by atoms with Crippen molar-refractivity contribution in [3.8, 4) is 17.2 Å². The summed E-state index contributed by atoms with van der Waals surface area (Å²) in [6, 6.07) is 15.2. The molecule has 1 aromatic heterocycles. The van der Waals surface area contributed by atoms with Crippen LogP contribution in [0.2, 0.25) is 5.02 Å². The fourth-order valence-corrected chi connectivity index (χ4v) is 4.06. The third kappa shape index (κ3) is 3.00. The van der Waals surface area contributed by atoms with E-state index in [1.165, 1.54) is 0 Å². The van der Waals surface area contributed by atoms with Crippen LogP contribution in [0, 0.1) is 0 Å². The molecule has 3 heterocycles. The second-order valence-electron chi connectivity index (χ2n) is 6.89. The minimum atomic E-state index is -0.416. The zero-order valence-corrected chi connectivity index (χ0v) is 16.7.